The number of carbonyl (C=O) groups excluding carboxylic acids is 2. The van der Waals surface area contributed by atoms with Crippen LogP contribution in [0.15, 0.2) is 60.0 Å². The molecule has 0 aliphatic carbocycles. The van der Waals surface area contributed by atoms with E-state index in [1.165, 1.54) is 4.90 Å². The largest absolute Gasteiger partial charge is 0.492 e. The number of nitrogens with zero attached hydrogens (tertiary/aromatic N) is 2. The molecule has 0 fully saturated rings. The van der Waals surface area contributed by atoms with Gasteiger partial charge in [-0.15, -0.1) is 11.3 Å². The lowest BCUT2D eigenvalue weighted by atomic mass is 10.2. The van der Waals surface area contributed by atoms with Crippen LogP contribution in [-0.4, -0.2) is 61.9 Å². The van der Waals surface area contributed by atoms with Crippen molar-refractivity contribution in [3.63, 3.8) is 0 Å². The zero-order valence-corrected chi connectivity index (χ0v) is 21.8. The Balaban J connectivity index is 1.50. The van der Waals surface area contributed by atoms with Crippen molar-refractivity contribution >= 4 is 29.0 Å². The van der Waals surface area contributed by atoms with Gasteiger partial charge in [0.15, 0.2) is 11.5 Å². The Hall–Kier alpha value is -3.76. The topological polar surface area (TPSA) is 89.6 Å². The Morgan fingerprint density at radius 3 is 2.65 bits per heavy atom. The lowest BCUT2D eigenvalue weighted by Gasteiger charge is -2.28. The minimum atomic E-state index is -0.406. The lowest BCUT2D eigenvalue weighted by Crippen LogP contribution is -2.45. The van der Waals surface area contributed by atoms with Gasteiger partial charge >= 0.3 is 6.03 Å². The highest BCUT2D eigenvalue weighted by molar-refractivity contribution is 7.09. The molecule has 3 amide bonds. The van der Waals surface area contributed by atoms with Gasteiger partial charge in [-0.2, -0.15) is 0 Å². The summed E-state index contributed by atoms with van der Waals surface area (Å²) in [4.78, 5) is 31.1. The molecule has 0 atom stereocenters. The van der Waals surface area contributed by atoms with Crippen molar-refractivity contribution in [2.75, 3.05) is 45.5 Å². The van der Waals surface area contributed by atoms with Crippen molar-refractivity contribution in [1.29, 1.82) is 0 Å². The Labute approximate surface area is 220 Å². The number of nitrogens with one attached hydrogen (secondary N) is 1. The average Bonchev–Trinajstić information content (AvgIpc) is 3.59. The summed E-state index contributed by atoms with van der Waals surface area (Å²) in [7, 11) is 1.56. The Morgan fingerprint density at radius 1 is 1.03 bits per heavy atom. The third kappa shape index (κ3) is 7.14. The van der Waals surface area contributed by atoms with Gasteiger partial charge in [-0.1, -0.05) is 24.3 Å². The molecular weight excluding hydrogens is 494 g/mol. The summed E-state index contributed by atoms with van der Waals surface area (Å²) in [5.74, 6) is 1.73. The van der Waals surface area contributed by atoms with Crippen molar-refractivity contribution in [3.8, 4) is 17.2 Å². The summed E-state index contributed by atoms with van der Waals surface area (Å²) >= 11 is 1.58. The molecule has 196 valence electrons. The Bertz CT molecular complexity index is 1190. The summed E-state index contributed by atoms with van der Waals surface area (Å²) in [5.41, 5.74) is 1.45. The number of methoxy groups -OCH3 is 1. The SMILES string of the molecule is CCOc1ccccc1NC(=O)N(CCOC)CC(=O)N(Cc1ccc2c(c1)OCO2)Cc1cccs1. The first-order chi connectivity index (χ1) is 18.1. The molecule has 10 heteroatoms. The van der Waals surface area contributed by atoms with Gasteiger partial charge < -0.3 is 34.1 Å². The summed E-state index contributed by atoms with van der Waals surface area (Å²) in [6.45, 7) is 3.76. The van der Waals surface area contributed by atoms with E-state index in [4.69, 9.17) is 18.9 Å². The number of fused-ring (bicyclic) bond motifs is 1. The lowest BCUT2D eigenvalue weighted by molar-refractivity contribution is -0.133. The molecular formula is C27H31N3O6S. The predicted octanol–water partition coefficient (Wildman–Crippen LogP) is 4.58. The number of rotatable bonds is 12. The van der Waals surface area contributed by atoms with E-state index < -0.39 is 6.03 Å². The van der Waals surface area contributed by atoms with Crippen LogP contribution in [0.25, 0.3) is 0 Å². The van der Waals surface area contributed by atoms with Crippen LogP contribution < -0.4 is 19.5 Å². The van der Waals surface area contributed by atoms with Crippen molar-refractivity contribution in [1.82, 2.24) is 9.80 Å². The summed E-state index contributed by atoms with van der Waals surface area (Å²) in [6, 6.07) is 16.4. The molecule has 0 unspecified atom stereocenters. The fourth-order valence-corrected chi connectivity index (χ4v) is 4.56. The number of benzene rings is 2. The van der Waals surface area contributed by atoms with Gasteiger partial charge in [0.2, 0.25) is 12.7 Å². The van der Waals surface area contributed by atoms with Gasteiger partial charge in [0, 0.05) is 25.1 Å². The highest BCUT2D eigenvalue weighted by Gasteiger charge is 2.24. The van der Waals surface area contributed by atoms with Crippen LogP contribution in [0.2, 0.25) is 0 Å². The van der Waals surface area contributed by atoms with Crippen molar-refractivity contribution in [2.45, 2.75) is 20.0 Å². The number of carbonyl (C=O) groups is 2. The third-order valence-electron chi connectivity index (χ3n) is 5.70. The van der Waals surface area contributed by atoms with Crippen LogP contribution in [0.5, 0.6) is 17.2 Å². The smallest absolute Gasteiger partial charge is 0.322 e. The first-order valence-electron chi connectivity index (χ1n) is 12.0. The first-order valence-corrected chi connectivity index (χ1v) is 12.9. The van der Waals surface area contributed by atoms with E-state index >= 15 is 0 Å². The number of para-hydroxylation sites is 2. The number of amides is 3. The number of hydrogen-bond donors (Lipinski definition) is 1. The molecule has 3 aromatic rings. The second-order valence-corrected chi connectivity index (χ2v) is 9.32. The van der Waals surface area contributed by atoms with Gasteiger partial charge in [0.1, 0.15) is 12.3 Å². The Morgan fingerprint density at radius 2 is 1.86 bits per heavy atom. The molecule has 1 N–H and O–H groups in total. The molecule has 4 rings (SSSR count). The molecule has 0 spiro atoms. The molecule has 1 aliphatic heterocycles. The molecule has 0 saturated carbocycles. The maximum absolute atomic E-state index is 13.6. The zero-order chi connectivity index (χ0) is 26.0. The van der Waals surface area contributed by atoms with Gasteiger partial charge in [0.05, 0.1) is 25.4 Å². The van der Waals surface area contributed by atoms with E-state index in [1.807, 2.05) is 54.8 Å². The normalized spacial score (nSPS) is 11.7. The number of urea groups is 1. The summed E-state index contributed by atoms with van der Waals surface area (Å²) in [6.07, 6.45) is 0. The quantitative estimate of drug-likeness (QED) is 0.372. The molecule has 1 aliphatic rings. The molecule has 0 radical (unpaired) electrons. The zero-order valence-electron chi connectivity index (χ0n) is 21.0. The second-order valence-electron chi connectivity index (χ2n) is 8.29. The third-order valence-corrected chi connectivity index (χ3v) is 6.56. The summed E-state index contributed by atoms with van der Waals surface area (Å²) < 4.78 is 21.7. The Kier molecular flexibility index (Phi) is 9.23. The fraction of sp³-hybridized carbons (Fsp3) is 0.333. The van der Waals surface area contributed by atoms with Gasteiger partial charge in [-0.3, -0.25) is 4.79 Å². The highest BCUT2D eigenvalue weighted by atomic mass is 32.1. The van der Waals surface area contributed by atoms with E-state index in [1.54, 1.807) is 35.5 Å². The van der Waals surface area contributed by atoms with E-state index in [0.29, 0.717) is 49.2 Å². The average molecular weight is 526 g/mol. The van der Waals surface area contributed by atoms with E-state index in [9.17, 15) is 9.59 Å². The second kappa shape index (κ2) is 13.0. The highest BCUT2D eigenvalue weighted by Crippen LogP contribution is 2.33. The van der Waals surface area contributed by atoms with Crippen molar-refractivity contribution in [2.24, 2.45) is 0 Å². The molecule has 0 bridgehead atoms. The van der Waals surface area contributed by atoms with Crippen molar-refractivity contribution < 1.29 is 28.5 Å². The van der Waals surface area contributed by atoms with Crippen LogP contribution in [0, 0.1) is 0 Å². The number of thiophene rings is 1. The monoisotopic (exact) mass is 525 g/mol. The minimum Gasteiger partial charge on any atom is -0.492 e. The maximum Gasteiger partial charge on any atom is 0.322 e. The van der Waals surface area contributed by atoms with E-state index in [2.05, 4.69) is 5.32 Å². The van der Waals surface area contributed by atoms with Gasteiger partial charge in [-0.05, 0) is 48.2 Å². The van der Waals surface area contributed by atoms with Crippen LogP contribution in [-0.2, 0) is 22.6 Å². The van der Waals surface area contributed by atoms with Crippen LogP contribution in [0.3, 0.4) is 0 Å². The first kappa shape index (κ1) is 26.3. The molecule has 0 saturated heterocycles. The van der Waals surface area contributed by atoms with Gasteiger partial charge in [-0.25, -0.2) is 4.79 Å². The maximum atomic E-state index is 13.6. The molecule has 9 nitrogen and oxygen atoms in total. The van der Waals surface area contributed by atoms with Gasteiger partial charge in [0.25, 0.3) is 0 Å². The van der Waals surface area contributed by atoms with Crippen LogP contribution in [0.1, 0.15) is 17.4 Å². The summed E-state index contributed by atoms with van der Waals surface area (Å²) in [5, 5.41) is 4.86. The van der Waals surface area contributed by atoms with Crippen LogP contribution >= 0.6 is 11.3 Å². The van der Waals surface area contributed by atoms with E-state index in [-0.39, 0.29) is 25.8 Å². The minimum absolute atomic E-state index is 0.109. The standard InChI is InChI=1S/C27H31N3O6S/c1-3-34-23-9-5-4-8-22(23)28-27(32)29(12-13-33-2)18-26(31)30(17-21-7-6-14-37-21)16-20-10-11-24-25(15-20)36-19-35-24/h4-11,14-15H,3,12-13,16-19H2,1-2H3,(H,28,32). The number of hydrogen-bond acceptors (Lipinski definition) is 7. The van der Waals surface area contributed by atoms with E-state index in [0.717, 1.165) is 10.4 Å². The molecule has 2 aromatic carbocycles. The van der Waals surface area contributed by atoms with Crippen molar-refractivity contribution in [3.05, 3.63) is 70.4 Å². The molecule has 2 heterocycles. The predicted molar refractivity (Wildman–Crippen MR) is 141 cm³/mol. The number of anilines is 1. The molecule has 1 aromatic heterocycles. The van der Waals surface area contributed by atoms with Crippen LogP contribution in [0.4, 0.5) is 10.5 Å². The fourth-order valence-electron chi connectivity index (χ4n) is 3.85. The molecule has 37 heavy (non-hydrogen) atoms. The number of ether oxygens (including phenoxy) is 4.